The lowest BCUT2D eigenvalue weighted by atomic mass is 10.3. The number of primary amides is 1. The summed E-state index contributed by atoms with van der Waals surface area (Å²) < 4.78 is 17.1. The van der Waals surface area contributed by atoms with Crippen LogP contribution >= 0.6 is 11.6 Å². The van der Waals surface area contributed by atoms with E-state index in [0.29, 0.717) is 10.8 Å². The Bertz CT molecular complexity index is 315. The number of halogens is 2. The lowest BCUT2D eigenvalue weighted by molar-refractivity contribution is 0.205. The fraction of sp³-hybridized carbons (Fsp3) is 0.125. The van der Waals surface area contributed by atoms with E-state index in [4.69, 9.17) is 26.2 Å². The number of hydrogen-bond donors (Lipinski definition) is 2. The summed E-state index contributed by atoms with van der Waals surface area (Å²) in [5, 5.41) is 7.49. The van der Waals surface area contributed by atoms with E-state index < -0.39 is 6.09 Å². The molecule has 0 aliphatic carbocycles. The SMILES string of the molecule is COc1ccc(F)cc1Cl.NC(=O)O. The summed E-state index contributed by atoms with van der Waals surface area (Å²) in [6.07, 6.45) is -1.33. The van der Waals surface area contributed by atoms with Crippen LogP contribution in [-0.4, -0.2) is 18.3 Å². The maximum atomic E-state index is 12.3. The smallest absolute Gasteiger partial charge is 0.402 e. The van der Waals surface area contributed by atoms with Gasteiger partial charge in [-0.15, -0.1) is 0 Å². The van der Waals surface area contributed by atoms with E-state index in [1.807, 2.05) is 0 Å². The largest absolute Gasteiger partial charge is 0.495 e. The second kappa shape index (κ2) is 6.04. The number of benzene rings is 1. The van der Waals surface area contributed by atoms with Crippen molar-refractivity contribution >= 4 is 17.7 Å². The van der Waals surface area contributed by atoms with Crippen molar-refractivity contribution < 1.29 is 19.0 Å². The minimum Gasteiger partial charge on any atom is -0.495 e. The fourth-order valence-electron chi connectivity index (χ4n) is 0.641. The first-order valence-electron chi connectivity index (χ1n) is 3.44. The van der Waals surface area contributed by atoms with Crippen LogP contribution in [0.5, 0.6) is 5.75 Å². The first-order valence-corrected chi connectivity index (χ1v) is 3.82. The maximum Gasteiger partial charge on any atom is 0.402 e. The number of nitrogens with two attached hydrogens (primary N) is 1. The molecule has 14 heavy (non-hydrogen) atoms. The third kappa shape index (κ3) is 5.21. The highest BCUT2D eigenvalue weighted by atomic mass is 35.5. The third-order valence-corrected chi connectivity index (χ3v) is 1.41. The van der Waals surface area contributed by atoms with E-state index in [2.05, 4.69) is 5.73 Å². The first kappa shape index (κ1) is 12.5. The number of ether oxygens (including phenoxy) is 1. The molecule has 0 saturated heterocycles. The van der Waals surface area contributed by atoms with E-state index in [1.54, 1.807) is 0 Å². The van der Waals surface area contributed by atoms with Gasteiger partial charge in [-0.3, -0.25) is 0 Å². The fourth-order valence-corrected chi connectivity index (χ4v) is 0.885. The van der Waals surface area contributed by atoms with Crippen LogP contribution < -0.4 is 10.5 Å². The van der Waals surface area contributed by atoms with Gasteiger partial charge in [0.05, 0.1) is 12.1 Å². The van der Waals surface area contributed by atoms with Crippen LogP contribution in [-0.2, 0) is 0 Å². The summed E-state index contributed by atoms with van der Waals surface area (Å²) in [5.74, 6) is 0.133. The molecule has 0 unspecified atom stereocenters. The van der Waals surface area contributed by atoms with Crippen molar-refractivity contribution in [2.45, 2.75) is 0 Å². The maximum absolute atomic E-state index is 12.3. The molecule has 0 radical (unpaired) electrons. The Balaban J connectivity index is 0.000000364. The molecule has 1 rings (SSSR count). The summed E-state index contributed by atoms with van der Waals surface area (Å²) in [6.45, 7) is 0. The topological polar surface area (TPSA) is 72.5 Å². The molecule has 0 spiro atoms. The monoisotopic (exact) mass is 221 g/mol. The van der Waals surface area contributed by atoms with Gasteiger partial charge >= 0.3 is 6.09 Å². The highest BCUT2D eigenvalue weighted by molar-refractivity contribution is 6.32. The van der Waals surface area contributed by atoms with E-state index in [1.165, 1.54) is 25.3 Å². The number of hydrogen-bond acceptors (Lipinski definition) is 2. The van der Waals surface area contributed by atoms with Gasteiger partial charge in [0.15, 0.2) is 0 Å². The van der Waals surface area contributed by atoms with Crippen molar-refractivity contribution in [3.8, 4) is 5.75 Å². The zero-order chi connectivity index (χ0) is 11.1. The van der Waals surface area contributed by atoms with Crippen molar-refractivity contribution in [1.29, 1.82) is 0 Å². The van der Waals surface area contributed by atoms with Crippen molar-refractivity contribution in [2.75, 3.05) is 7.11 Å². The third-order valence-electron chi connectivity index (χ3n) is 1.11. The van der Waals surface area contributed by atoms with E-state index in [0.717, 1.165) is 0 Å². The molecule has 1 amide bonds. The zero-order valence-electron chi connectivity index (χ0n) is 7.33. The Morgan fingerprint density at radius 2 is 2.14 bits per heavy atom. The number of rotatable bonds is 1. The summed E-state index contributed by atoms with van der Waals surface area (Å²) in [4.78, 5) is 8.78. The molecule has 3 N–H and O–H groups in total. The van der Waals surface area contributed by atoms with E-state index in [9.17, 15) is 4.39 Å². The predicted octanol–water partition coefficient (Wildman–Crippen LogP) is 2.11. The van der Waals surface area contributed by atoms with E-state index in [-0.39, 0.29) is 5.82 Å². The van der Waals surface area contributed by atoms with Gasteiger partial charge in [-0.2, -0.15) is 0 Å². The molecular formula is C8H9ClFNO3. The van der Waals surface area contributed by atoms with Crippen LogP contribution in [0.15, 0.2) is 18.2 Å². The average Bonchev–Trinajstić information content (AvgIpc) is 2.03. The van der Waals surface area contributed by atoms with Gasteiger partial charge in [0.25, 0.3) is 0 Å². The molecule has 0 bridgehead atoms. The number of amides is 1. The molecule has 0 heterocycles. The van der Waals surface area contributed by atoms with Gasteiger partial charge in [-0.25, -0.2) is 9.18 Å². The van der Waals surface area contributed by atoms with Crippen LogP contribution in [0.4, 0.5) is 9.18 Å². The highest BCUT2D eigenvalue weighted by Gasteiger charge is 1.99. The number of methoxy groups -OCH3 is 1. The Morgan fingerprint density at radius 1 is 1.64 bits per heavy atom. The highest BCUT2D eigenvalue weighted by Crippen LogP contribution is 2.23. The molecule has 0 saturated carbocycles. The standard InChI is InChI=1S/C7H6ClFO.CH3NO2/c1-10-7-3-2-5(9)4-6(7)8;2-1(3)4/h2-4H,1H3;2H2,(H,3,4). The van der Waals surface area contributed by atoms with Crippen molar-refractivity contribution in [3.63, 3.8) is 0 Å². The van der Waals surface area contributed by atoms with Crippen LogP contribution in [0.3, 0.4) is 0 Å². The molecule has 0 fully saturated rings. The molecule has 1 aromatic carbocycles. The number of carbonyl (C=O) groups is 1. The van der Waals surface area contributed by atoms with E-state index >= 15 is 0 Å². The van der Waals surface area contributed by atoms with Gasteiger partial charge in [0.1, 0.15) is 11.6 Å². The molecule has 78 valence electrons. The van der Waals surface area contributed by atoms with Gasteiger partial charge in [-0.05, 0) is 18.2 Å². The van der Waals surface area contributed by atoms with Crippen molar-refractivity contribution in [2.24, 2.45) is 5.73 Å². The minimum absolute atomic E-state index is 0.294. The average molecular weight is 222 g/mol. The molecule has 0 aliphatic rings. The van der Waals surface area contributed by atoms with Gasteiger partial charge < -0.3 is 15.6 Å². The molecule has 0 aromatic heterocycles. The van der Waals surface area contributed by atoms with Gasteiger partial charge in [-0.1, -0.05) is 11.6 Å². The second-order valence-electron chi connectivity index (χ2n) is 2.12. The lowest BCUT2D eigenvalue weighted by Crippen LogP contribution is -2.03. The molecule has 0 atom stereocenters. The minimum atomic E-state index is -1.33. The predicted molar refractivity (Wildman–Crippen MR) is 50.2 cm³/mol. The molecule has 0 aliphatic heterocycles. The second-order valence-corrected chi connectivity index (χ2v) is 2.52. The molecule has 1 aromatic rings. The lowest BCUT2D eigenvalue weighted by Gasteiger charge is -2.00. The summed E-state index contributed by atoms with van der Waals surface area (Å²) in [7, 11) is 1.49. The Kier molecular flexibility index (Phi) is 5.40. The van der Waals surface area contributed by atoms with Gasteiger partial charge in [0, 0.05) is 0 Å². The Labute approximate surface area is 85.0 Å². The Hall–Kier alpha value is -1.49. The van der Waals surface area contributed by atoms with Crippen LogP contribution in [0, 0.1) is 5.82 Å². The molecular weight excluding hydrogens is 213 g/mol. The summed E-state index contributed by atoms with van der Waals surface area (Å²) in [5.41, 5.74) is 4.03. The van der Waals surface area contributed by atoms with Crippen LogP contribution in [0.1, 0.15) is 0 Å². The van der Waals surface area contributed by atoms with Crippen LogP contribution in [0.25, 0.3) is 0 Å². The van der Waals surface area contributed by atoms with Crippen molar-refractivity contribution in [1.82, 2.24) is 0 Å². The molecule has 6 heteroatoms. The first-order chi connectivity index (χ1) is 6.47. The summed E-state index contributed by atoms with van der Waals surface area (Å²) >= 11 is 5.56. The molecule has 4 nitrogen and oxygen atoms in total. The number of carboxylic acid groups (broad SMARTS) is 1. The Morgan fingerprint density at radius 3 is 2.50 bits per heavy atom. The van der Waals surface area contributed by atoms with Gasteiger partial charge in [0.2, 0.25) is 0 Å². The summed E-state index contributed by atoms with van der Waals surface area (Å²) in [6, 6.07) is 3.99. The zero-order valence-corrected chi connectivity index (χ0v) is 8.08. The van der Waals surface area contributed by atoms with Crippen LogP contribution in [0.2, 0.25) is 5.02 Å². The van der Waals surface area contributed by atoms with Crippen molar-refractivity contribution in [3.05, 3.63) is 29.0 Å². The quantitative estimate of drug-likeness (QED) is 0.763. The normalized spacial score (nSPS) is 8.50.